The SMILES string of the molecule is Cc1nc(C)c(CCC(=O)N2CCC[C@H]2c2ccsc2)c(=O)[nH]1. The van der Waals surface area contributed by atoms with Crippen LogP contribution < -0.4 is 5.56 Å². The Morgan fingerprint density at radius 2 is 2.30 bits per heavy atom. The Balaban J connectivity index is 1.69. The highest BCUT2D eigenvalue weighted by molar-refractivity contribution is 7.07. The number of amides is 1. The second-order valence-corrected chi connectivity index (χ2v) is 6.80. The molecule has 1 aliphatic rings. The average molecular weight is 331 g/mol. The van der Waals surface area contributed by atoms with E-state index in [-0.39, 0.29) is 17.5 Å². The topological polar surface area (TPSA) is 66.1 Å². The van der Waals surface area contributed by atoms with Crippen molar-refractivity contribution in [3.05, 3.63) is 49.8 Å². The number of carbonyl (C=O) groups is 1. The van der Waals surface area contributed by atoms with E-state index < -0.39 is 0 Å². The molecule has 1 atom stereocenters. The number of aryl methyl sites for hydroxylation is 2. The molecule has 0 aliphatic carbocycles. The molecular formula is C17H21N3O2S. The second-order valence-electron chi connectivity index (χ2n) is 6.02. The molecule has 0 bridgehead atoms. The zero-order chi connectivity index (χ0) is 16.4. The van der Waals surface area contributed by atoms with Gasteiger partial charge in [0.25, 0.3) is 5.56 Å². The summed E-state index contributed by atoms with van der Waals surface area (Å²) in [5, 5.41) is 4.17. The Morgan fingerprint density at radius 1 is 1.48 bits per heavy atom. The first-order valence-electron chi connectivity index (χ1n) is 7.94. The Labute approximate surface area is 139 Å². The van der Waals surface area contributed by atoms with Gasteiger partial charge in [-0.1, -0.05) is 0 Å². The molecule has 1 amide bonds. The van der Waals surface area contributed by atoms with Crippen molar-refractivity contribution in [1.82, 2.24) is 14.9 Å². The standard InChI is InChI=1S/C17H21N3O2S/c1-11-14(17(22)19-12(2)18-11)5-6-16(21)20-8-3-4-15(20)13-7-9-23-10-13/h7,9-10,15H,3-6,8H2,1-2H3,(H,18,19,22)/t15-/m0/s1. The van der Waals surface area contributed by atoms with E-state index in [1.165, 1.54) is 5.56 Å². The van der Waals surface area contributed by atoms with Gasteiger partial charge in [-0.15, -0.1) is 0 Å². The molecule has 122 valence electrons. The monoisotopic (exact) mass is 331 g/mol. The summed E-state index contributed by atoms with van der Waals surface area (Å²) in [7, 11) is 0. The fourth-order valence-corrected chi connectivity index (χ4v) is 4.00. The number of nitrogens with zero attached hydrogens (tertiary/aromatic N) is 2. The summed E-state index contributed by atoms with van der Waals surface area (Å²) >= 11 is 1.66. The fraction of sp³-hybridized carbons (Fsp3) is 0.471. The molecule has 0 radical (unpaired) electrons. The van der Waals surface area contributed by atoms with Crippen LogP contribution >= 0.6 is 11.3 Å². The van der Waals surface area contributed by atoms with Crippen molar-refractivity contribution in [2.45, 2.75) is 45.6 Å². The lowest BCUT2D eigenvalue weighted by molar-refractivity contribution is -0.132. The minimum Gasteiger partial charge on any atom is -0.336 e. The van der Waals surface area contributed by atoms with E-state index in [0.29, 0.717) is 24.2 Å². The third-order valence-electron chi connectivity index (χ3n) is 4.43. The number of hydrogen-bond donors (Lipinski definition) is 1. The summed E-state index contributed by atoms with van der Waals surface area (Å²) in [4.78, 5) is 33.6. The molecule has 3 rings (SSSR count). The van der Waals surface area contributed by atoms with Gasteiger partial charge in [0.15, 0.2) is 0 Å². The number of hydrogen-bond acceptors (Lipinski definition) is 4. The maximum atomic E-state index is 12.6. The van der Waals surface area contributed by atoms with Crippen molar-refractivity contribution in [2.24, 2.45) is 0 Å². The molecular weight excluding hydrogens is 310 g/mol. The normalized spacial score (nSPS) is 17.7. The maximum Gasteiger partial charge on any atom is 0.254 e. The molecule has 6 heteroatoms. The predicted octanol–water partition coefficient (Wildman–Crippen LogP) is 2.74. The minimum atomic E-state index is -0.126. The molecule has 1 fully saturated rings. The molecule has 2 aromatic rings. The van der Waals surface area contributed by atoms with Crippen LogP contribution in [0.25, 0.3) is 0 Å². The van der Waals surface area contributed by atoms with Crippen LogP contribution in [0.2, 0.25) is 0 Å². The average Bonchev–Trinajstić information content (AvgIpc) is 3.16. The Kier molecular flexibility index (Phi) is 4.61. The number of likely N-dealkylation sites (tertiary alicyclic amines) is 1. The van der Waals surface area contributed by atoms with Crippen LogP contribution in [-0.2, 0) is 11.2 Å². The predicted molar refractivity (Wildman–Crippen MR) is 90.7 cm³/mol. The van der Waals surface area contributed by atoms with Gasteiger partial charge in [0, 0.05) is 24.2 Å². The summed E-state index contributed by atoms with van der Waals surface area (Å²) in [6.45, 7) is 4.39. The van der Waals surface area contributed by atoms with Gasteiger partial charge >= 0.3 is 0 Å². The van der Waals surface area contributed by atoms with Gasteiger partial charge in [0.05, 0.1) is 6.04 Å². The van der Waals surface area contributed by atoms with Gasteiger partial charge in [-0.2, -0.15) is 11.3 Å². The van der Waals surface area contributed by atoms with Gasteiger partial charge in [-0.3, -0.25) is 9.59 Å². The van der Waals surface area contributed by atoms with Crippen molar-refractivity contribution in [3.8, 4) is 0 Å². The molecule has 1 saturated heterocycles. The highest BCUT2D eigenvalue weighted by Gasteiger charge is 2.29. The third kappa shape index (κ3) is 3.37. The number of H-pyrrole nitrogens is 1. The van der Waals surface area contributed by atoms with Crippen LogP contribution in [0.3, 0.4) is 0 Å². The first-order valence-corrected chi connectivity index (χ1v) is 8.88. The molecule has 0 unspecified atom stereocenters. The van der Waals surface area contributed by atoms with Gasteiger partial charge in [0.2, 0.25) is 5.91 Å². The van der Waals surface area contributed by atoms with E-state index in [9.17, 15) is 9.59 Å². The zero-order valence-electron chi connectivity index (χ0n) is 13.5. The van der Waals surface area contributed by atoms with E-state index in [4.69, 9.17) is 0 Å². The van der Waals surface area contributed by atoms with Gasteiger partial charge in [-0.05, 0) is 55.5 Å². The van der Waals surface area contributed by atoms with Crippen molar-refractivity contribution in [2.75, 3.05) is 6.54 Å². The molecule has 0 saturated carbocycles. The summed E-state index contributed by atoms with van der Waals surface area (Å²) in [5.74, 6) is 0.734. The van der Waals surface area contributed by atoms with Crippen LogP contribution in [0.5, 0.6) is 0 Å². The summed E-state index contributed by atoms with van der Waals surface area (Å²) < 4.78 is 0. The van der Waals surface area contributed by atoms with E-state index in [2.05, 4.69) is 26.8 Å². The van der Waals surface area contributed by atoms with Gasteiger partial charge in [0.1, 0.15) is 5.82 Å². The van der Waals surface area contributed by atoms with Crippen molar-refractivity contribution in [1.29, 1.82) is 0 Å². The Morgan fingerprint density at radius 3 is 3.00 bits per heavy atom. The van der Waals surface area contributed by atoms with Crippen LogP contribution in [0, 0.1) is 13.8 Å². The fourth-order valence-electron chi connectivity index (χ4n) is 3.30. The van der Waals surface area contributed by atoms with Crippen LogP contribution in [0.4, 0.5) is 0 Å². The second kappa shape index (κ2) is 6.66. The highest BCUT2D eigenvalue weighted by atomic mass is 32.1. The molecule has 1 N–H and O–H groups in total. The molecule has 2 aromatic heterocycles. The van der Waals surface area contributed by atoms with Crippen molar-refractivity contribution in [3.63, 3.8) is 0 Å². The molecule has 5 nitrogen and oxygen atoms in total. The summed E-state index contributed by atoms with van der Waals surface area (Å²) in [6.07, 6.45) is 2.86. The Bertz CT molecular complexity index is 752. The van der Waals surface area contributed by atoms with E-state index in [1.54, 1.807) is 18.3 Å². The van der Waals surface area contributed by atoms with Gasteiger partial charge in [-0.25, -0.2) is 4.98 Å². The first kappa shape index (κ1) is 15.9. The quantitative estimate of drug-likeness (QED) is 0.937. The number of aromatic nitrogens is 2. The smallest absolute Gasteiger partial charge is 0.254 e. The lowest BCUT2D eigenvalue weighted by Gasteiger charge is -2.24. The maximum absolute atomic E-state index is 12.6. The zero-order valence-corrected chi connectivity index (χ0v) is 14.3. The summed E-state index contributed by atoms with van der Waals surface area (Å²) in [5.41, 5.74) is 2.44. The number of rotatable bonds is 4. The largest absolute Gasteiger partial charge is 0.336 e. The van der Waals surface area contributed by atoms with E-state index in [1.807, 2.05) is 11.8 Å². The Hall–Kier alpha value is -1.95. The summed E-state index contributed by atoms with van der Waals surface area (Å²) in [6, 6.07) is 2.30. The van der Waals surface area contributed by atoms with Crippen LogP contribution in [0.1, 0.15) is 47.9 Å². The molecule has 23 heavy (non-hydrogen) atoms. The first-order chi connectivity index (χ1) is 11.1. The molecule has 1 aliphatic heterocycles. The van der Waals surface area contributed by atoms with Crippen molar-refractivity contribution >= 4 is 17.2 Å². The number of aromatic amines is 1. The van der Waals surface area contributed by atoms with Gasteiger partial charge < -0.3 is 9.88 Å². The van der Waals surface area contributed by atoms with E-state index in [0.717, 1.165) is 25.1 Å². The number of thiophene rings is 1. The minimum absolute atomic E-state index is 0.123. The van der Waals surface area contributed by atoms with Crippen LogP contribution in [0.15, 0.2) is 21.6 Å². The van der Waals surface area contributed by atoms with E-state index >= 15 is 0 Å². The van der Waals surface area contributed by atoms with Crippen LogP contribution in [-0.4, -0.2) is 27.3 Å². The molecule has 3 heterocycles. The highest BCUT2D eigenvalue weighted by Crippen LogP contribution is 2.33. The molecule has 0 spiro atoms. The van der Waals surface area contributed by atoms with Crippen molar-refractivity contribution < 1.29 is 4.79 Å². The number of nitrogens with one attached hydrogen (secondary N) is 1. The third-order valence-corrected chi connectivity index (χ3v) is 5.13. The molecule has 0 aromatic carbocycles. The lowest BCUT2D eigenvalue weighted by atomic mass is 10.1. The number of carbonyl (C=O) groups excluding carboxylic acids is 1. The lowest BCUT2D eigenvalue weighted by Crippen LogP contribution is -2.31.